The highest BCUT2D eigenvalue weighted by atomic mass is 32.1. The average molecular weight is 223 g/mol. The van der Waals surface area contributed by atoms with Gasteiger partial charge in [-0.3, -0.25) is 0 Å². The van der Waals surface area contributed by atoms with Gasteiger partial charge in [0.1, 0.15) is 5.60 Å². The number of aliphatic hydroxyl groups is 1. The Morgan fingerprint density at radius 1 is 1.67 bits per heavy atom. The quantitative estimate of drug-likeness (QED) is 0.799. The van der Waals surface area contributed by atoms with Gasteiger partial charge in [-0.15, -0.1) is 0 Å². The van der Waals surface area contributed by atoms with Gasteiger partial charge < -0.3 is 5.11 Å². The zero-order valence-electron chi connectivity index (χ0n) is 9.02. The smallest absolute Gasteiger partial charge is 0.118 e. The van der Waals surface area contributed by atoms with E-state index < -0.39 is 5.60 Å². The van der Waals surface area contributed by atoms with Crippen molar-refractivity contribution < 1.29 is 5.11 Å². The highest BCUT2D eigenvalue weighted by Crippen LogP contribution is 2.37. The highest BCUT2D eigenvalue weighted by Gasteiger charge is 2.31. The number of rotatable bonds is 3. The molecule has 0 saturated carbocycles. The predicted octanol–water partition coefficient (Wildman–Crippen LogP) is 3.10. The third kappa shape index (κ3) is 2.29. The van der Waals surface area contributed by atoms with Gasteiger partial charge in [-0.25, -0.2) is 4.37 Å². The molecule has 2 nitrogen and oxygen atoms in total. The molecule has 0 fully saturated rings. The van der Waals surface area contributed by atoms with E-state index in [2.05, 4.69) is 17.4 Å². The third-order valence-corrected chi connectivity index (χ3v) is 3.98. The van der Waals surface area contributed by atoms with Crippen LogP contribution in [0.15, 0.2) is 24.4 Å². The van der Waals surface area contributed by atoms with Crippen molar-refractivity contribution >= 4 is 11.5 Å². The average Bonchev–Trinajstić information content (AvgIpc) is 2.76. The molecule has 0 saturated heterocycles. The van der Waals surface area contributed by atoms with Crippen LogP contribution in [0.5, 0.6) is 0 Å². The van der Waals surface area contributed by atoms with E-state index in [1.54, 1.807) is 6.20 Å². The number of hydrogen-bond donors (Lipinski definition) is 1. The van der Waals surface area contributed by atoms with Crippen LogP contribution in [0, 0.1) is 5.92 Å². The second-order valence-corrected chi connectivity index (χ2v) is 5.08. The molecule has 2 unspecified atom stereocenters. The Balaban J connectivity index is 2.10. The number of hydrogen-bond acceptors (Lipinski definition) is 3. The van der Waals surface area contributed by atoms with E-state index >= 15 is 0 Å². The molecule has 0 aromatic carbocycles. The molecule has 1 aliphatic carbocycles. The van der Waals surface area contributed by atoms with Crippen molar-refractivity contribution in [2.75, 3.05) is 0 Å². The van der Waals surface area contributed by atoms with Crippen LogP contribution in [-0.2, 0) is 5.60 Å². The minimum absolute atomic E-state index is 0.656. The molecule has 1 N–H and O–H groups in total. The maximum Gasteiger partial charge on any atom is 0.118 e. The van der Waals surface area contributed by atoms with Crippen molar-refractivity contribution in [3.05, 3.63) is 29.3 Å². The Morgan fingerprint density at radius 3 is 3.07 bits per heavy atom. The molecule has 3 heteroatoms. The van der Waals surface area contributed by atoms with E-state index in [9.17, 15) is 5.11 Å². The maximum absolute atomic E-state index is 10.4. The fourth-order valence-corrected chi connectivity index (χ4v) is 2.82. The molecule has 15 heavy (non-hydrogen) atoms. The minimum Gasteiger partial charge on any atom is -0.380 e. The van der Waals surface area contributed by atoms with Gasteiger partial charge in [0.25, 0.3) is 0 Å². The van der Waals surface area contributed by atoms with Crippen LogP contribution < -0.4 is 0 Å². The van der Waals surface area contributed by atoms with E-state index in [0.717, 1.165) is 17.7 Å². The van der Waals surface area contributed by atoms with Crippen LogP contribution in [0.25, 0.3) is 0 Å². The summed E-state index contributed by atoms with van der Waals surface area (Å²) in [6, 6.07) is 1.91. The number of allylic oxidation sites excluding steroid dienone is 1. The summed E-state index contributed by atoms with van der Waals surface area (Å²) in [6.45, 7) is 2.21. The number of aromatic nitrogens is 1. The molecule has 2 rings (SSSR count). The van der Waals surface area contributed by atoms with Crippen molar-refractivity contribution in [1.82, 2.24) is 4.37 Å². The summed E-state index contributed by atoms with van der Waals surface area (Å²) in [5.41, 5.74) is -0.745. The van der Waals surface area contributed by atoms with Gasteiger partial charge >= 0.3 is 0 Å². The lowest BCUT2D eigenvalue weighted by Crippen LogP contribution is -2.26. The molecule has 0 amide bonds. The van der Waals surface area contributed by atoms with Gasteiger partial charge in [0, 0.05) is 6.20 Å². The van der Waals surface area contributed by atoms with Crippen LogP contribution in [0.2, 0.25) is 0 Å². The molecule has 1 aromatic heterocycles. The fourth-order valence-electron chi connectivity index (χ4n) is 2.14. The summed E-state index contributed by atoms with van der Waals surface area (Å²) in [5, 5.41) is 10.4. The second kappa shape index (κ2) is 4.45. The van der Waals surface area contributed by atoms with Crippen molar-refractivity contribution in [2.24, 2.45) is 5.92 Å². The summed E-state index contributed by atoms with van der Waals surface area (Å²) in [6.07, 6.45) is 10.2. The van der Waals surface area contributed by atoms with E-state index in [0.29, 0.717) is 5.92 Å². The normalized spacial score (nSPS) is 30.7. The lowest BCUT2D eigenvalue weighted by Gasteiger charge is -2.29. The first-order valence-electron chi connectivity index (χ1n) is 5.57. The largest absolute Gasteiger partial charge is 0.380 e. The predicted molar refractivity (Wildman–Crippen MR) is 62.8 cm³/mol. The Labute approximate surface area is 94.8 Å². The van der Waals surface area contributed by atoms with Gasteiger partial charge in [-0.1, -0.05) is 25.5 Å². The summed E-state index contributed by atoms with van der Waals surface area (Å²) in [4.78, 5) is 0.966. The van der Waals surface area contributed by atoms with Crippen molar-refractivity contribution in [2.45, 2.75) is 38.2 Å². The second-order valence-electron chi connectivity index (χ2n) is 4.25. The SMILES string of the molecule is CCCC1C=CC(O)(c2ccns2)CC1. The first-order valence-corrected chi connectivity index (χ1v) is 6.35. The third-order valence-electron chi connectivity index (χ3n) is 3.06. The highest BCUT2D eigenvalue weighted by molar-refractivity contribution is 7.05. The number of nitrogens with zero attached hydrogens (tertiary/aromatic N) is 1. The van der Waals surface area contributed by atoms with Crippen molar-refractivity contribution in [3.8, 4) is 0 Å². The van der Waals surface area contributed by atoms with E-state index in [-0.39, 0.29) is 0 Å². The van der Waals surface area contributed by atoms with Crippen molar-refractivity contribution in [1.29, 1.82) is 0 Å². The molecular formula is C12H17NOS. The molecular weight excluding hydrogens is 206 g/mol. The van der Waals surface area contributed by atoms with Crippen LogP contribution in [0.3, 0.4) is 0 Å². The Kier molecular flexibility index (Phi) is 3.22. The molecule has 0 radical (unpaired) electrons. The molecule has 82 valence electrons. The first-order chi connectivity index (χ1) is 7.24. The van der Waals surface area contributed by atoms with E-state index in [1.807, 2.05) is 12.1 Å². The van der Waals surface area contributed by atoms with Crippen LogP contribution >= 0.6 is 11.5 Å². The minimum atomic E-state index is -0.745. The molecule has 1 aliphatic rings. The Hall–Kier alpha value is -0.670. The van der Waals surface area contributed by atoms with Crippen LogP contribution in [-0.4, -0.2) is 9.48 Å². The lowest BCUT2D eigenvalue weighted by molar-refractivity contribution is 0.0693. The van der Waals surface area contributed by atoms with Crippen molar-refractivity contribution in [3.63, 3.8) is 0 Å². The molecule has 1 aromatic rings. The molecule has 1 heterocycles. The molecule has 0 aliphatic heterocycles. The van der Waals surface area contributed by atoms with E-state index in [1.165, 1.54) is 24.4 Å². The van der Waals surface area contributed by atoms with Crippen LogP contribution in [0.4, 0.5) is 0 Å². The summed E-state index contributed by atoms with van der Waals surface area (Å²) in [7, 11) is 0. The van der Waals surface area contributed by atoms with Gasteiger partial charge in [0.05, 0.1) is 4.88 Å². The summed E-state index contributed by atoms with van der Waals surface area (Å²) in [5.74, 6) is 0.656. The van der Waals surface area contributed by atoms with Gasteiger partial charge in [-0.2, -0.15) is 0 Å². The summed E-state index contributed by atoms with van der Waals surface area (Å²) < 4.78 is 4.05. The standard InChI is InChI=1S/C12H17NOS/c1-2-3-10-4-7-12(14,8-5-10)11-6-9-13-15-11/h4,6-7,9-10,14H,2-3,5,8H2,1H3. The van der Waals surface area contributed by atoms with Gasteiger partial charge in [0.2, 0.25) is 0 Å². The van der Waals surface area contributed by atoms with E-state index in [4.69, 9.17) is 0 Å². The topological polar surface area (TPSA) is 33.1 Å². The van der Waals surface area contributed by atoms with Gasteiger partial charge in [-0.05, 0) is 42.8 Å². The van der Waals surface area contributed by atoms with Crippen LogP contribution in [0.1, 0.15) is 37.5 Å². The lowest BCUT2D eigenvalue weighted by atomic mass is 9.82. The molecule has 0 bridgehead atoms. The van der Waals surface area contributed by atoms with Gasteiger partial charge in [0.15, 0.2) is 0 Å². The zero-order valence-corrected chi connectivity index (χ0v) is 9.83. The monoisotopic (exact) mass is 223 g/mol. The Morgan fingerprint density at radius 2 is 2.53 bits per heavy atom. The first kappa shape index (κ1) is 10.8. The Bertz CT molecular complexity index is 333. The molecule has 2 atom stereocenters. The summed E-state index contributed by atoms with van der Waals surface area (Å²) >= 11 is 1.39. The fraction of sp³-hybridized carbons (Fsp3) is 0.583. The zero-order chi connectivity index (χ0) is 10.7. The maximum atomic E-state index is 10.4. The molecule has 0 spiro atoms.